The molecule has 1 unspecified atom stereocenters. The van der Waals surface area contributed by atoms with Crippen molar-refractivity contribution in [1.82, 2.24) is 4.98 Å². The van der Waals surface area contributed by atoms with Crippen LogP contribution in [-0.4, -0.2) is 11.0 Å². The van der Waals surface area contributed by atoms with Crippen molar-refractivity contribution in [1.29, 1.82) is 0 Å². The van der Waals surface area contributed by atoms with Crippen molar-refractivity contribution in [3.8, 4) is 5.75 Å². The maximum absolute atomic E-state index is 13.4. The van der Waals surface area contributed by atoms with Crippen LogP contribution in [0.15, 0.2) is 42.7 Å². The summed E-state index contributed by atoms with van der Waals surface area (Å²) in [5.41, 5.74) is 7.78. The van der Waals surface area contributed by atoms with E-state index in [1.54, 1.807) is 18.5 Å². The van der Waals surface area contributed by atoms with Crippen LogP contribution >= 0.6 is 0 Å². The quantitative estimate of drug-likeness (QED) is 0.880. The summed E-state index contributed by atoms with van der Waals surface area (Å²) in [6, 6.07) is 8.36. The molecular weight excluding hydrogens is 255 g/mol. The number of benzene rings is 1. The molecule has 0 aliphatic heterocycles. The molecule has 0 saturated carbocycles. The van der Waals surface area contributed by atoms with Crippen LogP contribution in [0, 0.1) is 5.82 Å². The smallest absolute Gasteiger partial charge is 0.123 e. The number of hydrogen-bond donors (Lipinski definition) is 1. The third kappa shape index (κ3) is 4.03. The molecule has 3 nitrogen and oxygen atoms in total. The van der Waals surface area contributed by atoms with Gasteiger partial charge in [-0.2, -0.15) is 0 Å². The lowest BCUT2D eigenvalue weighted by atomic mass is 10.0. The molecule has 1 heterocycles. The molecular formula is C16H19FN2O. The molecule has 1 atom stereocenters. The maximum Gasteiger partial charge on any atom is 0.123 e. The first-order valence-corrected chi connectivity index (χ1v) is 6.74. The molecule has 2 rings (SSSR count). The van der Waals surface area contributed by atoms with E-state index in [1.165, 1.54) is 12.1 Å². The topological polar surface area (TPSA) is 48.1 Å². The molecule has 0 fully saturated rings. The predicted octanol–water partition coefficient (Wildman–Crippen LogP) is 3.08. The van der Waals surface area contributed by atoms with Gasteiger partial charge in [0.25, 0.3) is 0 Å². The molecule has 0 radical (unpaired) electrons. The number of pyridine rings is 1. The average molecular weight is 274 g/mol. The van der Waals surface area contributed by atoms with E-state index < -0.39 is 0 Å². The van der Waals surface area contributed by atoms with Gasteiger partial charge in [0, 0.05) is 18.4 Å². The Morgan fingerprint density at radius 2 is 2.00 bits per heavy atom. The van der Waals surface area contributed by atoms with Crippen LogP contribution in [0.3, 0.4) is 0 Å². The predicted molar refractivity (Wildman–Crippen MR) is 76.9 cm³/mol. The minimum atomic E-state index is -0.264. The fraction of sp³-hybridized carbons (Fsp3) is 0.312. The van der Waals surface area contributed by atoms with Crippen molar-refractivity contribution in [2.24, 2.45) is 5.73 Å². The summed E-state index contributed by atoms with van der Waals surface area (Å²) in [5, 5.41) is 0. The lowest BCUT2D eigenvalue weighted by Gasteiger charge is -2.14. The lowest BCUT2D eigenvalue weighted by molar-refractivity contribution is 0.301. The van der Waals surface area contributed by atoms with Gasteiger partial charge in [-0.15, -0.1) is 0 Å². The summed E-state index contributed by atoms with van der Waals surface area (Å²) in [6.45, 7) is 2.45. The van der Waals surface area contributed by atoms with Crippen LogP contribution in [-0.2, 0) is 13.0 Å². The van der Waals surface area contributed by atoms with Crippen LogP contribution < -0.4 is 10.5 Å². The second-order valence-electron chi connectivity index (χ2n) is 4.77. The number of aromatic nitrogens is 1. The van der Waals surface area contributed by atoms with E-state index in [9.17, 15) is 4.39 Å². The van der Waals surface area contributed by atoms with Crippen molar-refractivity contribution in [2.75, 3.05) is 0 Å². The van der Waals surface area contributed by atoms with Gasteiger partial charge in [-0.25, -0.2) is 4.39 Å². The number of ether oxygens (including phenoxy) is 1. The van der Waals surface area contributed by atoms with E-state index in [-0.39, 0.29) is 11.9 Å². The normalized spacial score (nSPS) is 12.2. The summed E-state index contributed by atoms with van der Waals surface area (Å²) in [7, 11) is 0. The molecule has 2 aromatic rings. The Kier molecular flexibility index (Phi) is 5.07. The fourth-order valence-electron chi connectivity index (χ4n) is 1.92. The first-order valence-electron chi connectivity index (χ1n) is 6.74. The van der Waals surface area contributed by atoms with Crippen molar-refractivity contribution >= 4 is 0 Å². The molecule has 1 aromatic heterocycles. The zero-order valence-electron chi connectivity index (χ0n) is 11.6. The Morgan fingerprint density at radius 3 is 2.70 bits per heavy atom. The molecule has 1 aromatic carbocycles. The van der Waals surface area contributed by atoms with E-state index in [0.717, 1.165) is 17.5 Å². The van der Waals surface area contributed by atoms with E-state index in [0.29, 0.717) is 18.8 Å². The minimum Gasteiger partial charge on any atom is -0.489 e. The number of nitrogens with zero attached hydrogens (tertiary/aromatic N) is 1. The highest BCUT2D eigenvalue weighted by Crippen LogP contribution is 2.22. The highest BCUT2D eigenvalue weighted by atomic mass is 19.1. The number of rotatable bonds is 6. The van der Waals surface area contributed by atoms with Gasteiger partial charge in [0.15, 0.2) is 0 Å². The van der Waals surface area contributed by atoms with Gasteiger partial charge >= 0.3 is 0 Å². The van der Waals surface area contributed by atoms with E-state index in [4.69, 9.17) is 10.5 Å². The molecule has 0 bridgehead atoms. The molecule has 0 spiro atoms. The molecule has 0 amide bonds. The zero-order chi connectivity index (χ0) is 14.4. The van der Waals surface area contributed by atoms with Crippen LogP contribution in [0.1, 0.15) is 24.5 Å². The molecule has 20 heavy (non-hydrogen) atoms. The SMILES string of the molecule is CCC(N)Cc1cc(F)ccc1OCc1ccncc1. The monoisotopic (exact) mass is 274 g/mol. The lowest BCUT2D eigenvalue weighted by Crippen LogP contribution is -2.21. The third-order valence-electron chi connectivity index (χ3n) is 3.17. The second-order valence-corrected chi connectivity index (χ2v) is 4.77. The Labute approximate surface area is 118 Å². The average Bonchev–Trinajstić information content (AvgIpc) is 2.47. The summed E-state index contributed by atoms with van der Waals surface area (Å²) in [6.07, 6.45) is 4.90. The minimum absolute atomic E-state index is 0.0140. The van der Waals surface area contributed by atoms with Crippen LogP contribution in [0.25, 0.3) is 0 Å². The second kappa shape index (κ2) is 7.01. The van der Waals surface area contributed by atoms with Gasteiger partial charge in [-0.3, -0.25) is 4.98 Å². The number of hydrogen-bond acceptors (Lipinski definition) is 3. The number of nitrogens with two attached hydrogens (primary N) is 1. The summed E-state index contributed by atoms with van der Waals surface area (Å²) < 4.78 is 19.1. The number of halogens is 1. The largest absolute Gasteiger partial charge is 0.489 e. The first kappa shape index (κ1) is 14.5. The van der Waals surface area contributed by atoms with E-state index >= 15 is 0 Å². The van der Waals surface area contributed by atoms with Gasteiger partial charge in [0.05, 0.1) is 0 Å². The first-order chi connectivity index (χ1) is 9.69. The van der Waals surface area contributed by atoms with Crippen molar-refractivity contribution in [2.45, 2.75) is 32.4 Å². The van der Waals surface area contributed by atoms with Crippen molar-refractivity contribution in [3.63, 3.8) is 0 Å². The third-order valence-corrected chi connectivity index (χ3v) is 3.17. The summed E-state index contributed by atoms with van der Waals surface area (Å²) in [4.78, 5) is 3.96. The van der Waals surface area contributed by atoms with Gasteiger partial charge in [0.2, 0.25) is 0 Å². The van der Waals surface area contributed by atoms with Gasteiger partial charge in [-0.05, 0) is 54.3 Å². The molecule has 0 aliphatic carbocycles. The van der Waals surface area contributed by atoms with Crippen LogP contribution in [0.5, 0.6) is 5.75 Å². The van der Waals surface area contributed by atoms with Gasteiger partial charge in [0.1, 0.15) is 18.2 Å². The Morgan fingerprint density at radius 1 is 1.25 bits per heavy atom. The molecule has 2 N–H and O–H groups in total. The van der Waals surface area contributed by atoms with Crippen LogP contribution in [0.2, 0.25) is 0 Å². The Balaban J connectivity index is 2.10. The standard InChI is InChI=1S/C16H19FN2O/c1-2-15(18)10-13-9-14(17)3-4-16(13)20-11-12-5-7-19-8-6-12/h3-9,15H,2,10-11,18H2,1H3. The highest BCUT2D eigenvalue weighted by Gasteiger charge is 2.09. The summed E-state index contributed by atoms with van der Waals surface area (Å²) in [5.74, 6) is 0.423. The summed E-state index contributed by atoms with van der Waals surface area (Å²) >= 11 is 0. The van der Waals surface area contributed by atoms with Gasteiger partial charge in [-0.1, -0.05) is 6.92 Å². The molecule has 106 valence electrons. The van der Waals surface area contributed by atoms with Gasteiger partial charge < -0.3 is 10.5 Å². The molecule has 4 heteroatoms. The fourth-order valence-corrected chi connectivity index (χ4v) is 1.92. The Hall–Kier alpha value is -1.94. The van der Waals surface area contributed by atoms with E-state index in [1.807, 2.05) is 19.1 Å². The van der Waals surface area contributed by atoms with E-state index in [2.05, 4.69) is 4.98 Å². The zero-order valence-corrected chi connectivity index (χ0v) is 11.6. The maximum atomic E-state index is 13.4. The van der Waals surface area contributed by atoms with Crippen LogP contribution in [0.4, 0.5) is 4.39 Å². The molecule has 0 aliphatic rings. The highest BCUT2D eigenvalue weighted by molar-refractivity contribution is 5.35. The van der Waals surface area contributed by atoms with Crippen molar-refractivity contribution in [3.05, 3.63) is 59.7 Å². The molecule has 0 saturated heterocycles. The van der Waals surface area contributed by atoms with Crippen molar-refractivity contribution < 1.29 is 9.13 Å². The Bertz CT molecular complexity index is 545.